The average molecular weight is 1930 g/mol. The number of rotatable bonds is 16. The van der Waals surface area contributed by atoms with Crippen molar-refractivity contribution in [3.8, 4) is 67.5 Å². The smallest absolute Gasteiger partial charge is 0.673 e. The van der Waals surface area contributed by atoms with Gasteiger partial charge in [0.05, 0.1) is 0 Å². The minimum atomic E-state index is -2.55. The van der Waals surface area contributed by atoms with Crippen LogP contribution in [-0.4, -0.2) is 124 Å². The summed E-state index contributed by atoms with van der Waals surface area (Å²) in [5.41, 5.74) is -10.6. The van der Waals surface area contributed by atoms with E-state index in [1.54, 1.807) is 0 Å². The molecule has 0 unspecified atom stereocenters. The fourth-order valence-electron chi connectivity index (χ4n) is 15.3. The molecule has 0 saturated heterocycles. The molecule has 0 aliphatic carbocycles. The number of H-pyrrole nitrogens is 6. The van der Waals surface area contributed by atoms with Gasteiger partial charge >= 0.3 is 60.3 Å². The maximum atomic E-state index is 16.4. The molecule has 18 rings (SSSR count). The van der Waals surface area contributed by atoms with Crippen LogP contribution in [0, 0.1) is 140 Å². The van der Waals surface area contributed by atoms with Gasteiger partial charge in [-0.2, -0.15) is 30.6 Å². The minimum Gasteiger partial charge on any atom is -0.673 e. The Bertz CT molecular complexity index is 6360. The number of nitrogens with one attached hydrogen (secondary N) is 6. The fourth-order valence-corrected chi connectivity index (χ4v) is 22.5. The number of hydrogen-bond donors (Lipinski definition) is 0. The van der Waals surface area contributed by atoms with Gasteiger partial charge in [-0.1, -0.05) is 197 Å². The third-order valence-corrected chi connectivity index (χ3v) is 27.6. The topological polar surface area (TPSA) is 143 Å². The largest absolute Gasteiger partial charge is 2.00 e. The van der Waals surface area contributed by atoms with E-state index in [9.17, 15) is 0 Å². The van der Waals surface area contributed by atoms with E-state index >= 15 is 105 Å². The van der Waals surface area contributed by atoms with Gasteiger partial charge in [-0.15, -0.1) is 0 Å². The Morgan fingerprint density at radius 2 is 0.295 bits per heavy atom. The number of aromatic nitrogens is 12. The second kappa shape index (κ2) is 39.2. The zero-order chi connectivity index (χ0) is 93.5. The molecule has 0 amide bonds. The van der Waals surface area contributed by atoms with E-state index in [0.717, 1.165) is 0 Å². The van der Waals surface area contributed by atoms with Crippen molar-refractivity contribution in [2.24, 2.45) is 0 Å². The van der Waals surface area contributed by atoms with Crippen LogP contribution in [0.1, 0.15) is 0 Å². The van der Waals surface area contributed by atoms with Gasteiger partial charge in [0.15, 0.2) is 140 Å². The Balaban J connectivity index is 0.000000193. The number of nitrogens with zero attached hydrogens (tertiary/aromatic N) is 8. The number of halogens is 24. The van der Waals surface area contributed by atoms with Crippen LogP contribution in [0.2, 0.25) is 52.4 Å². The number of benzene rings is 12. The summed E-state index contributed by atoms with van der Waals surface area (Å²) in [5.74, 6) is -52.6. The summed E-state index contributed by atoms with van der Waals surface area (Å²) >= 11 is 0. The van der Waals surface area contributed by atoms with E-state index < -0.39 is 253 Å². The molecular formula is C86H60B2F24Mg2N14Si4+6. The quantitative estimate of drug-likeness (QED) is 0.0393. The Hall–Kier alpha value is -11.8. The van der Waals surface area contributed by atoms with Crippen LogP contribution in [0.4, 0.5) is 105 Å². The Morgan fingerprint density at radius 3 is 0.402 bits per heavy atom. The standard InChI is InChI=1S/2C39H15BF12N6.2C4H12NSi2.2Mg/c2*41-22-19-34(16-10-4-1-5-11-16)53-56(37(19)31(50)28(47)25(22)44)40(57-38-20(23(42)26(45)29(48)32(38)51)35(54-57)17-12-6-2-7-13-17)58-39-21(24(43)27(46)30(49)33(39)52)36(55-58)18-14-8-3-9-15-18;2*1-6(2)5-7(3)4;;/h2*1-15H;2*1-4H3;;/q4*-1;2*+2/p+6. The molecule has 0 aliphatic rings. The zero-order valence-electron chi connectivity index (χ0n) is 69.5. The molecule has 0 bridgehead atoms. The Morgan fingerprint density at radius 1 is 0.182 bits per heavy atom. The normalized spacial score (nSPS) is 11.7. The molecule has 6 radical (unpaired) electrons. The van der Waals surface area contributed by atoms with E-state index in [1.165, 1.54) is 182 Å². The summed E-state index contributed by atoms with van der Waals surface area (Å²) in [6.07, 6.45) is 0. The van der Waals surface area contributed by atoms with Crippen molar-refractivity contribution in [3.05, 3.63) is 331 Å². The second-order valence-corrected chi connectivity index (χ2v) is 39.3. The van der Waals surface area contributed by atoms with Crippen molar-refractivity contribution in [2.75, 3.05) is 0 Å². The first-order chi connectivity index (χ1) is 61.9. The summed E-state index contributed by atoms with van der Waals surface area (Å²) < 4.78 is 388. The first kappa shape index (κ1) is 97.8. The van der Waals surface area contributed by atoms with E-state index in [0.29, 0.717) is 27.6 Å². The summed E-state index contributed by atoms with van der Waals surface area (Å²) in [4.78, 5) is 0. The maximum Gasteiger partial charge on any atom is 2.00 e. The van der Waals surface area contributed by atoms with Crippen LogP contribution in [0.5, 0.6) is 0 Å². The molecule has 6 N–H and O–H groups in total. The van der Waals surface area contributed by atoms with Crippen LogP contribution in [0.25, 0.3) is 142 Å². The average Bonchev–Trinajstić information content (AvgIpc) is 1.54. The maximum absolute atomic E-state index is 16.4. The van der Waals surface area contributed by atoms with Gasteiger partial charge in [-0.05, 0) is 72.8 Å². The summed E-state index contributed by atoms with van der Waals surface area (Å²) in [7, 11) is -6.15. The van der Waals surface area contributed by atoms with E-state index in [-0.39, 0.29) is 115 Å². The molecule has 6 aromatic heterocycles. The Labute approximate surface area is 770 Å². The molecule has 132 heavy (non-hydrogen) atoms. The molecule has 0 aliphatic heterocycles. The van der Waals surface area contributed by atoms with Crippen molar-refractivity contribution in [2.45, 2.75) is 52.4 Å². The van der Waals surface area contributed by atoms with Crippen molar-refractivity contribution in [1.29, 1.82) is 0 Å². The zero-order valence-corrected chi connectivity index (χ0v) is 76.4. The van der Waals surface area contributed by atoms with Crippen molar-refractivity contribution >= 4 is 162 Å². The van der Waals surface area contributed by atoms with Gasteiger partial charge in [0, 0.05) is 33.4 Å². The molecule has 662 valence electrons. The van der Waals surface area contributed by atoms with Crippen LogP contribution in [-0.2, 0) is 0 Å². The van der Waals surface area contributed by atoms with Gasteiger partial charge in [0.25, 0.3) is 0 Å². The predicted octanol–water partition coefficient (Wildman–Crippen LogP) is 20.1. The summed E-state index contributed by atoms with van der Waals surface area (Å²) in [6.45, 7) is 17.8. The van der Waals surface area contributed by atoms with Crippen molar-refractivity contribution in [3.63, 3.8) is 0 Å². The molecule has 12 aromatic carbocycles. The molecule has 6 heterocycles. The van der Waals surface area contributed by atoms with Crippen molar-refractivity contribution < 1.29 is 136 Å². The molecule has 0 spiro atoms. The predicted molar refractivity (Wildman–Crippen MR) is 455 cm³/mol. The molecule has 0 atom stereocenters. The van der Waals surface area contributed by atoms with Crippen molar-refractivity contribution in [1.82, 2.24) is 27.6 Å². The van der Waals surface area contributed by atoms with Gasteiger partial charge in [0.2, 0.25) is 34.2 Å². The van der Waals surface area contributed by atoms with Crippen LogP contribution >= 0.6 is 0 Å². The Kier molecular flexibility index (Phi) is 29.0. The van der Waals surface area contributed by atoms with Crippen LogP contribution in [0.15, 0.2) is 182 Å². The number of aromatic amines is 6. The SMILES string of the molecule is C[Si](C)[N-][Si](C)C.C[Si](C)[N-][Si](C)C.Fc1c(F)c(F)c2c(c(-c3ccccc3)[nH+]n2[B-](n2[nH+]c(-c3ccccc3)c3c(F)c(F)c(F)c(F)c32)n2[nH+]c(-c3ccccc3)c3c(F)c(F)c(F)c(F)c32)c1F.Fc1c(F)c(F)c2c(c(-c3ccccc3)[nH+]n2[B-](n2[nH+]c(-c3ccccc3)c3c(F)c(F)c(F)c(F)c32)n2[nH+]c(-c3ccccc3)c3c(F)c(F)c(F)c(F)c32)c1F.[Mg+2].[Mg+2]. The first-order valence-corrected chi connectivity index (χ1v) is 48.4. The second-order valence-electron chi connectivity index (χ2n) is 29.9. The molecular weight excluding hydrogens is 1870 g/mol. The molecule has 0 fully saturated rings. The third kappa shape index (κ3) is 17.1. The van der Waals surface area contributed by atoms with E-state index in [4.69, 9.17) is 0 Å². The van der Waals surface area contributed by atoms with E-state index in [2.05, 4.69) is 92.3 Å². The van der Waals surface area contributed by atoms with Crippen LogP contribution < -0.4 is 30.6 Å². The molecule has 0 saturated carbocycles. The minimum absolute atomic E-state index is 0. The molecule has 18 aromatic rings. The summed E-state index contributed by atoms with van der Waals surface area (Å²) in [6, 6.07) is 41.9. The van der Waals surface area contributed by atoms with Gasteiger partial charge in [-0.25, -0.2) is 105 Å². The van der Waals surface area contributed by atoms with Gasteiger partial charge in [0.1, 0.15) is 65.4 Å². The first-order valence-electron chi connectivity index (χ1n) is 38.6. The third-order valence-electron chi connectivity index (χ3n) is 20.4. The molecule has 14 nitrogen and oxygen atoms in total. The van der Waals surface area contributed by atoms with Gasteiger partial charge in [-0.3, -0.25) is 27.6 Å². The monoisotopic (exact) mass is 1930 g/mol. The molecule has 46 heteroatoms. The van der Waals surface area contributed by atoms with Gasteiger partial charge < -0.3 is 9.30 Å². The number of hydrogen-bond acceptors (Lipinski definition) is 0. The fraction of sp³-hybridized carbons (Fsp3) is 0.0930. The summed E-state index contributed by atoms with van der Waals surface area (Å²) in [5, 5.41) is 9.16. The number of fused-ring (bicyclic) bond motifs is 6. The van der Waals surface area contributed by atoms with E-state index in [1.807, 2.05) is 0 Å². The van der Waals surface area contributed by atoms with Crippen LogP contribution in [0.3, 0.4) is 0 Å².